The van der Waals surface area contributed by atoms with Gasteiger partial charge in [0, 0.05) is 17.1 Å². The highest BCUT2D eigenvalue weighted by atomic mass is 35.5. The number of benzene rings is 1. The Morgan fingerprint density at radius 3 is 2.53 bits per heavy atom. The third-order valence-corrected chi connectivity index (χ3v) is 2.84. The molecule has 0 spiro atoms. The van der Waals surface area contributed by atoms with Crippen molar-refractivity contribution in [3.63, 3.8) is 0 Å². The highest BCUT2D eigenvalue weighted by Crippen LogP contribution is 2.48. The lowest BCUT2D eigenvalue weighted by atomic mass is 9.98. The lowest BCUT2D eigenvalue weighted by Gasteiger charge is -2.25. The van der Waals surface area contributed by atoms with Crippen LogP contribution in [0.4, 0.5) is 13.2 Å². The summed E-state index contributed by atoms with van der Waals surface area (Å²) in [4.78, 5) is 3.28. The fraction of sp³-hybridized carbons (Fsp3) is 0.300. The van der Waals surface area contributed by atoms with Gasteiger partial charge in [-0.15, -0.1) is 10.2 Å². The minimum absolute atomic E-state index is 0.103. The molecule has 0 aliphatic carbocycles. The van der Waals surface area contributed by atoms with Gasteiger partial charge in [-0.3, -0.25) is 0 Å². The average molecular weight is 291 g/mol. The topological polar surface area (TPSA) is 89.1 Å². The largest absolute Gasteiger partial charge is 0.440 e. The first-order chi connectivity index (χ1) is 8.80. The molecular formula is C10H8ClF3N5. The average Bonchev–Trinajstić information content (AvgIpc) is 2.71. The molecule has 1 aromatic carbocycles. The molecule has 2 rings (SSSR count). The van der Waals surface area contributed by atoms with Crippen LogP contribution in [0.3, 0.4) is 0 Å². The van der Waals surface area contributed by atoms with E-state index in [4.69, 9.17) is 23.1 Å². The van der Waals surface area contributed by atoms with Crippen molar-refractivity contribution in [1.82, 2.24) is 0 Å². The maximum atomic E-state index is 13.2. The van der Waals surface area contributed by atoms with Gasteiger partial charge in [-0.25, -0.2) is 4.99 Å². The number of alkyl halides is 3. The van der Waals surface area contributed by atoms with Crippen molar-refractivity contribution in [2.45, 2.75) is 18.4 Å². The Hall–Kier alpha value is -1.67. The van der Waals surface area contributed by atoms with Crippen molar-refractivity contribution in [3.05, 3.63) is 34.3 Å². The molecular weight excluding hydrogens is 283 g/mol. The van der Waals surface area contributed by atoms with Crippen molar-refractivity contribution >= 4 is 17.6 Å². The number of halogens is 4. The molecule has 0 saturated heterocycles. The van der Waals surface area contributed by atoms with Crippen molar-refractivity contribution in [1.29, 1.82) is 0 Å². The zero-order valence-corrected chi connectivity index (χ0v) is 10.1. The van der Waals surface area contributed by atoms with Gasteiger partial charge in [-0.2, -0.15) is 13.2 Å². The molecule has 0 aromatic heterocycles. The number of rotatable bonds is 2. The molecule has 1 heterocycles. The van der Waals surface area contributed by atoms with E-state index in [1.165, 1.54) is 6.07 Å². The van der Waals surface area contributed by atoms with Crippen LogP contribution in [0.2, 0.25) is 5.02 Å². The molecule has 0 bridgehead atoms. The number of aliphatic imine (C=N–C) groups is 1. The molecule has 1 atom stereocenters. The van der Waals surface area contributed by atoms with Gasteiger partial charge in [0.15, 0.2) is 0 Å². The standard InChI is InChI=1S/C10H8ClF3N5/c11-7-3-5(4-15)1-2-6(7)9(10(12,13)14)17-8(16)18-19-9/h2-3H,4,15H2,(H2,16,17). The fourth-order valence-electron chi connectivity index (χ4n) is 1.61. The minimum Gasteiger partial charge on any atom is -0.367 e. The van der Waals surface area contributed by atoms with E-state index in [2.05, 4.69) is 21.3 Å². The number of hydrogen-bond acceptors (Lipinski definition) is 5. The number of nitrogens with two attached hydrogens (primary N) is 2. The Balaban J connectivity index is 2.63. The van der Waals surface area contributed by atoms with Gasteiger partial charge in [-0.1, -0.05) is 11.6 Å². The van der Waals surface area contributed by atoms with E-state index >= 15 is 0 Å². The molecule has 1 aliphatic heterocycles. The van der Waals surface area contributed by atoms with E-state index in [1.54, 1.807) is 0 Å². The summed E-state index contributed by atoms with van der Waals surface area (Å²) < 4.78 is 39.7. The van der Waals surface area contributed by atoms with Crippen LogP contribution >= 0.6 is 11.6 Å². The zero-order chi connectivity index (χ0) is 14.3. The quantitative estimate of drug-likeness (QED) is 0.873. The van der Waals surface area contributed by atoms with E-state index in [-0.39, 0.29) is 17.1 Å². The Bertz CT molecular complexity index is 569. The van der Waals surface area contributed by atoms with Gasteiger partial charge >= 0.3 is 6.18 Å². The van der Waals surface area contributed by atoms with Gasteiger partial charge in [0.05, 0.1) is 0 Å². The molecule has 1 aliphatic rings. The highest BCUT2D eigenvalue weighted by molar-refractivity contribution is 6.31. The Labute approximate surface area is 111 Å². The summed E-state index contributed by atoms with van der Waals surface area (Å²) >= 11 is 5.84. The van der Waals surface area contributed by atoms with E-state index in [1.807, 2.05) is 0 Å². The summed E-state index contributed by atoms with van der Waals surface area (Å²) in [6.45, 7) is 0.103. The predicted molar refractivity (Wildman–Crippen MR) is 62.4 cm³/mol. The van der Waals surface area contributed by atoms with Gasteiger partial charge < -0.3 is 11.5 Å². The maximum Gasteiger partial charge on any atom is 0.440 e. The Morgan fingerprint density at radius 2 is 2.11 bits per heavy atom. The molecule has 101 valence electrons. The van der Waals surface area contributed by atoms with Crippen LogP contribution in [0.5, 0.6) is 0 Å². The monoisotopic (exact) mass is 290 g/mol. The SMILES string of the molecule is NCc1[c]cc(C2(C(F)(F)F)N=NC(N)=N2)c(Cl)c1. The summed E-state index contributed by atoms with van der Waals surface area (Å²) in [5, 5.41) is 6.12. The minimum atomic E-state index is -4.82. The Kier molecular flexibility index (Phi) is 3.23. The van der Waals surface area contributed by atoms with Crippen LogP contribution in [0.15, 0.2) is 27.4 Å². The lowest BCUT2D eigenvalue weighted by Crippen LogP contribution is -2.38. The fourth-order valence-corrected chi connectivity index (χ4v) is 1.93. The zero-order valence-electron chi connectivity index (χ0n) is 9.37. The van der Waals surface area contributed by atoms with E-state index in [9.17, 15) is 13.2 Å². The number of hydrogen-bond donors (Lipinski definition) is 2. The smallest absolute Gasteiger partial charge is 0.367 e. The van der Waals surface area contributed by atoms with Gasteiger partial charge in [0.1, 0.15) is 0 Å². The third-order valence-electron chi connectivity index (χ3n) is 2.52. The second-order valence-corrected chi connectivity index (χ2v) is 4.17. The van der Waals surface area contributed by atoms with Gasteiger partial charge in [-0.05, 0) is 23.8 Å². The van der Waals surface area contributed by atoms with Crippen molar-refractivity contribution in [3.8, 4) is 0 Å². The summed E-state index contributed by atoms with van der Waals surface area (Å²) in [5.41, 5.74) is 7.71. The molecule has 0 fully saturated rings. The van der Waals surface area contributed by atoms with Gasteiger partial charge in [0.25, 0.3) is 5.66 Å². The predicted octanol–water partition coefficient (Wildman–Crippen LogP) is 2.09. The van der Waals surface area contributed by atoms with E-state index < -0.39 is 17.8 Å². The molecule has 0 saturated carbocycles. The van der Waals surface area contributed by atoms with Crippen LogP contribution < -0.4 is 11.5 Å². The third kappa shape index (κ3) is 2.17. The first kappa shape index (κ1) is 13.8. The molecule has 4 N–H and O–H groups in total. The van der Waals surface area contributed by atoms with E-state index in [0.29, 0.717) is 5.56 Å². The highest BCUT2D eigenvalue weighted by Gasteiger charge is 2.60. The van der Waals surface area contributed by atoms with Crippen LogP contribution in [0.25, 0.3) is 0 Å². The molecule has 1 unspecified atom stereocenters. The summed E-state index contributed by atoms with van der Waals surface area (Å²) in [6, 6.07) is 4.93. The van der Waals surface area contributed by atoms with Gasteiger partial charge in [0.2, 0.25) is 5.96 Å². The summed E-state index contributed by atoms with van der Waals surface area (Å²) in [7, 11) is 0. The van der Waals surface area contributed by atoms with Crippen LogP contribution in [0.1, 0.15) is 11.1 Å². The number of guanidine groups is 1. The van der Waals surface area contributed by atoms with Crippen molar-refractivity contribution in [2.24, 2.45) is 26.7 Å². The second kappa shape index (κ2) is 4.46. The summed E-state index contributed by atoms with van der Waals surface area (Å²) in [5.74, 6) is -0.559. The van der Waals surface area contributed by atoms with E-state index in [0.717, 1.165) is 6.07 Å². The molecule has 19 heavy (non-hydrogen) atoms. The molecule has 5 nitrogen and oxygen atoms in total. The van der Waals surface area contributed by atoms with Crippen LogP contribution in [-0.4, -0.2) is 12.1 Å². The summed E-state index contributed by atoms with van der Waals surface area (Å²) in [6.07, 6.45) is -4.82. The van der Waals surface area contributed by atoms with Crippen molar-refractivity contribution < 1.29 is 13.2 Å². The second-order valence-electron chi connectivity index (χ2n) is 3.76. The van der Waals surface area contributed by atoms with Crippen LogP contribution in [-0.2, 0) is 12.2 Å². The molecule has 1 radical (unpaired) electrons. The number of nitrogens with zero attached hydrogens (tertiary/aromatic N) is 3. The first-order valence-electron chi connectivity index (χ1n) is 5.06. The van der Waals surface area contributed by atoms with Crippen molar-refractivity contribution in [2.75, 3.05) is 0 Å². The van der Waals surface area contributed by atoms with Crippen LogP contribution in [0, 0.1) is 6.07 Å². The molecule has 0 amide bonds. The first-order valence-corrected chi connectivity index (χ1v) is 5.43. The molecule has 9 heteroatoms. The Morgan fingerprint density at radius 1 is 1.42 bits per heavy atom. The molecule has 1 aromatic rings. The normalized spacial score (nSPS) is 22.7. The number of azo groups is 1. The maximum absolute atomic E-state index is 13.2. The lowest BCUT2D eigenvalue weighted by molar-refractivity contribution is -0.186.